The first-order valence-electron chi connectivity index (χ1n) is 6.14. The minimum absolute atomic E-state index is 0.223. The Balaban J connectivity index is 2.03. The molecular formula is C13H19NO3S. The van der Waals surface area contributed by atoms with E-state index in [1.165, 1.54) is 12.7 Å². The highest BCUT2D eigenvalue weighted by Gasteiger charge is 2.39. The third kappa shape index (κ3) is 2.91. The number of aliphatic hydroxyl groups excluding tert-OH is 1. The predicted octanol–water partition coefficient (Wildman–Crippen LogP) is 1.29. The Morgan fingerprint density at radius 2 is 2.50 bits per heavy atom. The van der Waals surface area contributed by atoms with Gasteiger partial charge in [-0.15, -0.1) is 0 Å². The quantitative estimate of drug-likeness (QED) is 0.837. The van der Waals surface area contributed by atoms with Gasteiger partial charge in [-0.2, -0.15) is 11.3 Å². The van der Waals surface area contributed by atoms with Crippen LogP contribution in [0.3, 0.4) is 0 Å². The Bertz CT molecular complexity index is 393. The molecule has 1 N–H and O–H groups in total. The Kier molecular flexibility index (Phi) is 4.37. The number of nitrogens with zero attached hydrogens (tertiary/aromatic N) is 1. The first-order chi connectivity index (χ1) is 8.61. The summed E-state index contributed by atoms with van der Waals surface area (Å²) in [5.74, 6) is -0.247. The highest BCUT2D eigenvalue weighted by Crippen LogP contribution is 2.23. The van der Waals surface area contributed by atoms with Crippen LogP contribution in [0.5, 0.6) is 0 Å². The molecule has 0 amide bonds. The van der Waals surface area contributed by atoms with E-state index in [4.69, 9.17) is 4.74 Å². The summed E-state index contributed by atoms with van der Waals surface area (Å²) in [7, 11) is 1.40. The van der Waals surface area contributed by atoms with Crippen LogP contribution in [0.2, 0.25) is 0 Å². The number of hydrogen-bond donors (Lipinski definition) is 1. The summed E-state index contributed by atoms with van der Waals surface area (Å²) in [6.45, 7) is 2.64. The van der Waals surface area contributed by atoms with Gasteiger partial charge in [-0.05, 0) is 35.7 Å². The summed E-state index contributed by atoms with van der Waals surface area (Å²) < 4.78 is 4.81. The molecular weight excluding hydrogens is 250 g/mol. The molecule has 0 aliphatic carbocycles. The van der Waals surface area contributed by atoms with E-state index in [-0.39, 0.29) is 18.1 Å². The number of thiophene rings is 1. The summed E-state index contributed by atoms with van der Waals surface area (Å²) in [6, 6.07) is 2.01. The molecule has 18 heavy (non-hydrogen) atoms. The van der Waals surface area contributed by atoms with Crippen molar-refractivity contribution in [3.8, 4) is 0 Å². The molecule has 3 atom stereocenters. The molecule has 0 bridgehead atoms. The van der Waals surface area contributed by atoms with Crippen LogP contribution in [-0.2, 0) is 16.0 Å². The summed E-state index contributed by atoms with van der Waals surface area (Å²) in [4.78, 5) is 13.8. The first-order valence-corrected chi connectivity index (χ1v) is 7.08. The Hall–Kier alpha value is -0.910. The van der Waals surface area contributed by atoms with Crippen molar-refractivity contribution in [2.45, 2.75) is 38.0 Å². The molecule has 0 radical (unpaired) electrons. The molecule has 1 saturated heterocycles. The molecule has 2 rings (SSSR count). The van der Waals surface area contributed by atoms with Crippen molar-refractivity contribution in [1.82, 2.24) is 4.90 Å². The van der Waals surface area contributed by atoms with Crippen LogP contribution in [0, 0.1) is 0 Å². The Labute approximate surface area is 111 Å². The van der Waals surface area contributed by atoms with Crippen molar-refractivity contribution < 1.29 is 14.6 Å². The minimum atomic E-state index is -0.431. The largest absolute Gasteiger partial charge is 0.468 e. The average molecular weight is 269 g/mol. The van der Waals surface area contributed by atoms with E-state index in [1.54, 1.807) is 11.3 Å². The molecule has 0 spiro atoms. The second-order valence-corrected chi connectivity index (χ2v) is 5.59. The topological polar surface area (TPSA) is 49.8 Å². The maximum atomic E-state index is 11.7. The summed E-state index contributed by atoms with van der Waals surface area (Å²) in [5.41, 5.74) is 1.28. The molecule has 0 saturated carbocycles. The van der Waals surface area contributed by atoms with E-state index in [0.717, 1.165) is 6.42 Å². The molecule has 1 aromatic heterocycles. The van der Waals surface area contributed by atoms with E-state index in [0.29, 0.717) is 13.0 Å². The number of rotatable bonds is 4. The van der Waals surface area contributed by atoms with Gasteiger partial charge < -0.3 is 9.84 Å². The molecule has 1 aliphatic rings. The molecule has 1 aromatic rings. The number of esters is 1. The normalized spacial score (nSPS) is 26.2. The zero-order chi connectivity index (χ0) is 13.1. The van der Waals surface area contributed by atoms with Crippen molar-refractivity contribution >= 4 is 17.3 Å². The lowest BCUT2D eigenvalue weighted by Gasteiger charge is -2.28. The van der Waals surface area contributed by atoms with Crippen LogP contribution < -0.4 is 0 Å². The molecule has 5 heteroatoms. The second-order valence-electron chi connectivity index (χ2n) is 4.81. The molecule has 100 valence electrons. The standard InChI is InChI=1S/C13H19NO3S/c1-9(5-10-3-4-18-8-10)14-7-11(15)6-12(14)13(16)17-2/h3-4,8-9,11-12,15H,5-7H2,1-2H3/t9-,11-,12+/m1/s1. The number of methoxy groups -OCH3 is 1. The number of likely N-dealkylation sites (tertiary alicyclic amines) is 1. The molecule has 0 aromatic carbocycles. The smallest absolute Gasteiger partial charge is 0.323 e. The van der Waals surface area contributed by atoms with Crippen molar-refractivity contribution in [1.29, 1.82) is 0 Å². The van der Waals surface area contributed by atoms with Crippen molar-refractivity contribution in [2.24, 2.45) is 0 Å². The number of carbonyl (C=O) groups is 1. The van der Waals surface area contributed by atoms with E-state index in [1.807, 2.05) is 4.90 Å². The van der Waals surface area contributed by atoms with Gasteiger partial charge in [-0.3, -0.25) is 9.69 Å². The number of aliphatic hydroxyl groups is 1. The zero-order valence-corrected chi connectivity index (χ0v) is 11.5. The van der Waals surface area contributed by atoms with E-state index >= 15 is 0 Å². The maximum Gasteiger partial charge on any atom is 0.323 e. The van der Waals surface area contributed by atoms with Crippen LogP contribution in [0.4, 0.5) is 0 Å². The highest BCUT2D eigenvalue weighted by molar-refractivity contribution is 7.07. The zero-order valence-electron chi connectivity index (χ0n) is 10.7. The van der Waals surface area contributed by atoms with Gasteiger partial charge in [0.05, 0.1) is 13.2 Å². The number of hydrogen-bond acceptors (Lipinski definition) is 5. The average Bonchev–Trinajstić information content (AvgIpc) is 2.97. The number of β-amino-alcohol motifs (C(OH)–C–C–N with tert-alkyl or cyclic N) is 1. The second kappa shape index (κ2) is 5.82. The Morgan fingerprint density at radius 1 is 1.72 bits per heavy atom. The van der Waals surface area contributed by atoms with Crippen LogP contribution in [0.1, 0.15) is 18.9 Å². The molecule has 1 fully saturated rings. The van der Waals surface area contributed by atoms with Gasteiger partial charge in [0.2, 0.25) is 0 Å². The fraction of sp³-hybridized carbons (Fsp3) is 0.615. The van der Waals surface area contributed by atoms with Gasteiger partial charge in [-0.1, -0.05) is 0 Å². The van der Waals surface area contributed by atoms with Gasteiger partial charge in [0, 0.05) is 19.0 Å². The predicted molar refractivity (Wildman–Crippen MR) is 70.6 cm³/mol. The lowest BCUT2D eigenvalue weighted by atomic mass is 10.1. The van der Waals surface area contributed by atoms with Crippen LogP contribution in [0.25, 0.3) is 0 Å². The SMILES string of the molecule is COC(=O)[C@@H]1C[C@@H](O)CN1[C@H](C)Cc1ccsc1. The number of ether oxygens (including phenoxy) is 1. The van der Waals surface area contributed by atoms with Gasteiger partial charge in [0.15, 0.2) is 0 Å². The van der Waals surface area contributed by atoms with Gasteiger partial charge >= 0.3 is 5.97 Å². The molecule has 1 aliphatic heterocycles. The fourth-order valence-corrected chi connectivity index (χ4v) is 3.24. The van der Waals surface area contributed by atoms with Gasteiger partial charge in [0.25, 0.3) is 0 Å². The monoisotopic (exact) mass is 269 g/mol. The lowest BCUT2D eigenvalue weighted by Crippen LogP contribution is -2.43. The Morgan fingerprint density at radius 3 is 3.11 bits per heavy atom. The van der Waals surface area contributed by atoms with Crippen molar-refractivity contribution in [3.63, 3.8) is 0 Å². The van der Waals surface area contributed by atoms with E-state index < -0.39 is 6.10 Å². The van der Waals surface area contributed by atoms with Gasteiger partial charge in [0.1, 0.15) is 6.04 Å². The third-order valence-corrected chi connectivity index (χ3v) is 4.20. The van der Waals surface area contributed by atoms with E-state index in [2.05, 4.69) is 23.8 Å². The van der Waals surface area contributed by atoms with Crippen molar-refractivity contribution in [2.75, 3.05) is 13.7 Å². The van der Waals surface area contributed by atoms with Crippen LogP contribution in [0.15, 0.2) is 16.8 Å². The fourth-order valence-electron chi connectivity index (χ4n) is 2.56. The van der Waals surface area contributed by atoms with Gasteiger partial charge in [-0.25, -0.2) is 0 Å². The first kappa shape index (κ1) is 13.5. The molecule has 0 unspecified atom stereocenters. The summed E-state index contributed by atoms with van der Waals surface area (Å²) in [6.07, 6.45) is 0.934. The van der Waals surface area contributed by atoms with Crippen LogP contribution >= 0.6 is 11.3 Å². The maximum absolute atomic E-state index is 11.7. The van der Waals surface area contributed by atoms with E-state index in [9.17, 15) is 9.90 Å². The molecule has 4 nitrogen and oxygen atoms in total. The third-order valence-electron chi connectivity index (χ3n) is 3.47. The number of carbonyl (C=O) groups excluding carboxylic acids is 1. The van der Waals surface area contributed by atoms with Crippen LogP contribution in [-0.4, -0.2) is 47.8 Å². The summed E-state index contributed by atoms with van der Waals surface area (Å²) >= 11 is 1.68. The van der Waals surface area contributed by atoms with Crippen molar-refractivity contribution in [3.05, 3.63) is 22.4 Å². The highest BCUT2D eigenvalue weighted by atomic mass is 32.1. The summed E-state index contributed by atoms with van der Waals surface area (Å²) in [5, 5.41) is 13.9. The minimum Gasteiger partial charge on any atom is -0.468 e. The molecule has 2 heterocycles. The lowest BCUT2D eigenvalue weighted by molar-refractivity contribution is -0.146.